The molecule has 1 aromatic carbocycles. The van der Waals surface area contributed by atoms with Crippen LogP contribution in [0.15, 0.2) is 53.5 Å². The molecule has 0 saturated heterocycles. The van der Waals surface area contributed by atoms with E-state index in [9.17, 15) is 9.59 Å². The van der Waals surface area contributed by atoms with Gasteiger partial charge in [-0.1, -0.05) is 6.07 Å². The lowest BCUT2D eigenvalue weighted by molar-refractivity contribution is -0.116. The van der Waals surface area contributed by atoms with Gasteiger partial charge in [0.05, 0.1) is 20.8 Å². The lowest BCUT2D eigenvalue weighted by Crippen LogP contribution is -2.30. The molecule has 0 radical (unpaired) electrons. The third kappa shape index (κ3) is 4.35. The maximum absolute atomic E-state index is 12.1. The Morgan fingerprint density at radius 3 is 2.59 bits per heavy atom. The van der Waals surface area contributed by atoms with Gasteiger partial charge in [0.2, 0.25) is 5.91 Å². The molecule has 0 fully saturated rings. The minimum absolute atomic E-state index is 0.237. The highest BCUT2D eigenvalue weighted by molar-refractivity contribution is 5.91. The first kappa shape index (κ1) is 18.2. The lowest BCUT2D eigenvalue weighted by Gasteiger charge is -2.06. The van der Waals surface area contributed by atoms with Crippen molar-refractivity contribution >= 4 is 17.6 Å². The van der Waals surface area contributed by atoms with Gasteiger partial charge in [-0.15, -0.1) is 5.10 Å². The van der Waals surface area contributed by atoms with Gasteiger partial charge in [-0.3, -0.25) is 9.20 Å². The summed E-state index contributed by atoms with van der Waals surface area (Å²) in [5, 5.41) is 6.94. The first-order valence-electron chi connectivity index (χ1n) is 8.34. The molecule has 8 heteroatoms. The number of hydrogen-bond acceptors (Lipinski definition) is 5. The van der Waals surface area contributed by atoms with E-state index in [1.165, 1.54) is 15.2 Å². The summed E-state index contributed by atoms with van der Waals surface area (Å²) in [6.07, 6.45) is 4.74. The minimum Gasteiger partial charge on any atom is -0.497 e. The van der Waals surface area contributed by atoms with Gasteiger partial charge in [0.15, 0.2) is 5.65 Å². The van der Waals surface area contributed by atoms with Gasteiger partial charge in [-0.05, 0) is 35.9 Å². The van der Waals surface area contributed by atoms with Gasteiger partial charge in [0, 0.05) is 24.9 Å². The zero-order chi connectivity index (χ0) is 19.2. The SMILES string of the molecule is COc1cc(/C=C\C(=O)NCCn2nc3ccccn3c2=O)cc(OC)c1. The van der Waals surface area contributed by atoms with E-state index in [1.807, 2.05) is 6.07 Å². The third-order valence-electron chi connectivity index (χ3n) is 3.91. The fraction of sp³-hybridized carbons (Fsp3) is 0.211. The summed E-state index contributed by atoms with van der Waals surface area (Å²) in [6.45, 7) is 0.571. The minimum atomic E-state index is -0.270. The first-order valence-corrected chi connectivity index (χ1v) is 8.34. The molecular formula is C19H20N4O4. The van der Waals surface area contributed by atoms with Crippen LogP contribution < -0.4 is 20.5 Å². The van der Waals surface area contributed by atoms with E-state index in [0.717, 1.165) is 5.56 Å². The fourth-order valence-corrected chi connectivity index (χ4v) is 2.56. The highest BCUT2D eigenvalue weighted by atomic mass is 16.5. The number of methoxy groups -OCH3 is 2. The highest BCUT2D eigenvalue weighted by Gasteiger charge is 2.06. The van der Waals surface area contributed by atoms with Gasteiger partial charge in [-0.2, -0.15) is 0 Å². The van der Waals surface area contributed by atoms with Crippen LogP contribution in [0, 0.1) is 0 Å². The molecule has 0 spiro atoms. The number of rotatable bonds is 7. The third-order valence-corrected chi connectivity index (χ3v) is 3.91. The number of benzene rings is 1. The Morgan fingerprint density at radius 1 is 1.19 bits per heavy atom. The summed E-state index contributed by atoms with van der Waals surface area (Å²) in [7, 11) is 3.13. The Morgan fingerprint density at radius 2 is 1.93 bits per heavy atom. The van der Waals surface area contributed by atoms with Crippen LogP contribution in [0.4, 0.5) is 0 Å². The summed E-state index contributed by atoms with van der Waals surface area (Å²) in [4.78, 5) is 24.1. The van der Waals surface area contributed by atoms with Crippen LogP contribution in [0.25, 0.3) is 11.7 Å². The molecule has 0 aliphatic heterocycles. The van der Waals surface area contributed by atoms with E-state index in [0.29, 0.717) is 17.1 Å². The Balaban J connectivity index is 1.59. The van der Waals surface area contributed by atoms with Gasteiger partial charge < -0.3 is 14.8 Å². The van der Waals surface area contributed by atoms with Crippen molar-refractivity contribution in [3.05, 3.63) is 64.7 Å². The van der Waals surface area contributed by atoms with E-state index in [2.05, 4.69) is 10.4 Å². The van der Waals surface area contributed by atoms with Crippen LogP contribution in [0.3, 0.4) is 0 Å². The van der Waals surface area contributed by atoms with Gasteiger partial charge >= 0.3 is 5.69 Å². The molecule has 1 amide bonds. The fourth-order valence-electron chi connectivity index (χ4n) is 2.56. The highest BCUT2D eigenvalue weighted by Crippen LogP contribution is 2.23. The maximum atomic E-state index is 12.1. The summed E-state index contributed by atoms with van der Waals surface area (Å²) in [6, 6.07) is 10.7. The van der Waals surface area contributed by atoms with E-state index in [-0.39, 0.29) is 24.7 Å². The number of carbonyl (C=O) groups is 1. The first-order chi connectivity index (χ1) is 13.1. The molecule has 0 saturated carbocycles. The molecule has 0 unspecified atom stereocenters. The smallest absolute Gasteiger partial charge is 0.350 e. The second kappa shape index (κ2) is 8.22. The molecule has 0 bridgehead atoms. The number of hydrogen-bond donors (Lipinski definition) is 1. The molecule has 0 aliphatic carbocycles. The molecule has 2 heterocycles. The largest absolute Gasteiger partial charge is 0.497 e. The molecule has 1 N–H and O–H groups in total. The summed E-state index contributed by atoms with van der Waals surface area (Å²) >= 11 is 0. The van der Waals surface area contributed by atoms with Crippen LogP contribution in [0.2, 0.25) is 0 Å². The van der Waals surface area contributed by atoms with E-state index in [1.54, 1.807) is 56.8 Å². The monoisotopic (exact) mass is 368 g/mol. The van der Waals surface area contributed by atoms with Gasteiger partial charge in [0.25, 0.3) is 0 Å². The van der Waals surface area contributed by atoms with Crippen LogP contribution in [-0.2, 0) is 11.3 Å². The standard InChI is InChI=1S/C19H20N4O4/c1-26-15-11-14(12-16(13-15)27-2)6-7-18(24)20-8-10-23-19(25)22-9-4-3-5-17(22)21-23/h3-7,9,11-13H,8,10H2,1-2H3,(H,20,24)/b7-6-. The van der Waals surface area contributed by atoms with Crippen molar-refractivity contribution in [2.75, 3.05) is 20.8 Å². The van der Waals surface area contributed by atoms with Crippen LogP contribution in [0.1, 0.15) is 5.56 Å². The van der Waals surface area contributed by atoms with Crippen molar-refractivity contribution in [2.45, 2.75) is 6.54 Å². The van der Waals surface area contributed by atoms with E-state index < -0.39 is 0 Å². The van der Waals surface area contributed by atoms with Crippen molar-refractivity contribution < 1.29 is 14.3 Å². The molecule has 8 nitrogen and oxygen atoms in total. The molecule has 140 valence electrons. The normalized spacial score (nSPS) is 11.0. The van der Waals surface area contributed by atoms with E-state index >= 15 is 0 Å². The van der Waals surface area contributed by atoms with E-state index in [4.69, 9.17) is 9.47 Å². The average molecular weight is 368 g/mol. The van der Waals surface area contributed by atoms with Crippen LogP contribution in [-0.4, -0.2) is 40.9 Å². The average Bonchev–Trinajstić information content (AvgIpc) is 3.02. The number of fused-ring (bicyclic) bond motifs is 1. The Kier molecular flexibility index (Phi) is 5.55. The molecule has 2 aromatic heterocycles. The molecular weight excluding hydrogens is 348 g/mol. The second-order valence-electron chi connectivity index (χ2n) is 5.70. The maximum Gasteiger partial charge on any atom is 0.350 e. The summed E-state index contributed by atoms with van der Waals surface area (Å²) in [5.41, 5.74) is 1.11. The summed E-state index contributed by atoms with van der Waals surface area (Å²) in [5.74, 6) is 1.01. The van der Waals surface area contributed by atoms with Gasteiger partial charge in [-0.25, -0.2) is 9.48 Å². The molecule has 3 aromatic rings. The Labute approximate surface area is 155 Å². The molecule has 27 heavy (non-hydrogen) atoms. The van der Waals surface area contributed by atoms with Crippen LogP contribution >= 0.6 is 0 Å². The summed E-state index contributed by atoms with van der Waals surface area (Å²) < 4.78 is 13.2. The van der Waals surface area contributed by atoms with Crippen molar-refractivity contribution in [1.29, 1.82) is 0 Å². The Hall–Kier alpha value is -3.55. The number of nitrogens with zero attached hydrogens (tertiary/aromatic N) is 3. The number of ether oxygens (including phenoxy) is 2. The number of pyridine rings is 1. The van der Waals surface area contributed by atoms with Crippen molar-refractivity contribution in [3.8, 4) is 11.5 Å². The number of carbonyl (C=O) groups excluding carboxylic acids is 1. The van der Waals surface area contributed by atoms with Gasteiger partial charge in [0.1, 0.15) is 11.5 Å². The second-order valence-corrected chi connectivity index (χ2v) is 5.70. The number of nitrogens with one attached hydrogen (secondary N) is 1. The molecule has 3 rings (SSSR count). The topological polar surface area (TPSA) is 86.9 Å². The molecule has 0 atom stereocenters. The number of amides is 1. The predicted molar refractivity (Wildman–Crippen MR) is 101 cm³/mol. The number of aromatic nitrogens is 3. The van der Waals surface area contributed by atoms with Crippen LogP contribution in [0.5, 0.6) is 11.5 Å². The quantitative estimate of drug-likeness (QED) is 0.636. The van der Waals surface area contributed by atoms with Crippen molar-refractivity contribution in [2.24, 2.45) is 0 Å². The lowest BCUT2D eigenvalue weighted by atomic mass is 10.2. The van der Waals surface area contributed by atoms with Crippen molar-refractivity contribution in [3.63, 3.8) is 0 Å². The zero-order valence-electron chi connectivity index (χ0n) is 15.1. The molecule has 0 aliphatic rings. The van der Waals surface area contributed by atoms with Crippen molar-refractivity contribution in [1.82, 2.24) is 19.5 Å². The Bertz CT molecular complexity index is 1010. The predicted octanol–water partition coefficient (Wildman–Crippen LogP) is 1.34. The zero-order valence-corrected chi connectivity index (χ0v) is 15.1.